The first kappa shape index (κ1) is 13.5. The molecule has 1 aliphatic carbocycles. The number of hydrogen-bond acceptors (Lipinski definition) is 4. The maximum atomic E-state index is 12.0. The quantitative estimate of drug-likeness (QED) is 0.629. The molecule has 1 saturated carbocycles. The molecule has 2 atom stereocenters. The molecule has 19 heavy (non-hydrogen) atoms. The van der Waals surface area contributed by atoms with E-state index in [1.54, 1.807) is 7.05 Å². The van der Waals surface area contributed by atoms with Gasteiger partial charge in [-0.2, -0.15) is 0 Å². The van der Waals surface area contributed by atoms with E-state index in [-0.39, 0.29) is 23.3 Å². The van der Waals surface area contributed by atoms with E-state index in [4.69, 9.17) is 0 Å². The number of rotatable bonds is 3. The minimum atomic E-state index is -0.535. The zero-order valence-electron chi connectivity index (χ0n) is 10.7. The Labute approximate surface area is 110 Å². The second kappa shape index (κ2) is 5.40. The van der Waals surface area contributed by atoms with E-state index in [1.165, 1.54) is 16.8 Å². The fourth-order valence-electron chi connectivity index (χ4n) is 2.39. The Hall–Kier alpha value is -1.89. The zero-order chi connectivity index (χ0) is 14.0. The Morgan fingerprint density at radius 2 is 2.21 bits per heavy atom. The molecule has 0 saturated heterocycles. The van der Waals surface area contributed by atoms with Gasteiger partial charge < -0.3 is 15.0 Å². The van der Waals surface area contributed by atoms with Gasteiger partial charge in [0.05, 0.1) is 23.3 Å². The van der Waals surface area contributed by atoms with Gasteiger partial charge in [-0.3, -0.25) is 14.9 Å². The number of nitro groups is 1. The molecule has 0 aliphatic heterocycles. The topological polar surface area (TPSA) is 97.4 Å². The molecule has 2 rings (SSSR count). The highest BCUT2D eigenvalue weighted by molar-refractivity contribution is 5.93. The van der Waals surface area contributed by atoms with Crippen molar-refractivity contribution in [3.05, 3.63) is 28.1 Å². The number of carbonyl (C=O) groups excluding carboxylic acids is 1. The van der Waals surface area contributed by atoms with Crippen LogP contribution in [0.5, 0.6) is 0 Å². The highest BCUT2D eigenvalue weighted by Gasteiger charge is 2.26. The largest absolute Gasteiger partial charge is 0.391 e. The number of hydrogen-bond donors (Lipinski definition) is 2. The van der Waals surface area contributed by atoms with Crippen LogP contribution in [0.1, 0.15) is 36.2 Å². The van der Waals surface area contributed by atoms with Gasteiger partial charge in [0.2, 0.25) is 0 Å². The number of aliphatic hydroxyl groups excluding tert-OH is 1. The van der Waals surface area contributed by atoms with Crippen LogP contribution in [0.4, 0.5) is 5.69 Å². The molecule has 1 aromatic heterocycles. The summed E-state index contributed by atoms with van der Waals surface area (Å²) >= 11 is 0. The normalized spacial score (nSPS) is 23.1. The van der Waals surface area contributed by atoms with Crippen LogP contribution in [0.2, 0.25) is 0 Å². The van der Waals surface area contributed by atoms with Gasteiger partial charge >= 0.3 is 0 Å². The summed E-state index contributed by atoms with van der Waals surface area (Å²) in [6.07, 6.45) is 4.11. The van der Waals surface area contributed by atoms with Gasteiger partial charge in [0.1, 0.15) is 5.69 Å². The third kappa shape index (κ3) is 2.93. The molecule has 0 aromatic carbocycles. The second-order valence-electron chi connectivity index (χ2n) is 4.88. The molecule has 1 aliphatic rings. The fraction of sp³-hybridized carbons (Fsp3) is 0.583. The summed E-state index contributed by atoms with van der Waals surface area (Å²) in [5.74, 6) is -0.387. The molecule has 104 valence electrons. The summed E-state index contributed by atoms with van der Waals surface area (Å²) in [6.45, 7) is 0. The van der Waals surface area contributed by atoms with E-state index in [9.17, 15) is 20.0 Å². The summed E-state index contributed by atoms with van der Waals surface area (Å²) in [5, 5.41) is 23.2. The van der Waals surface area contributed by atoms with Gasteiger partial charge in [0.15, 0.2) is 0 Å². The first-order chi connectivity index (χ1) is 8.99. The SMILES string of the molecule is Cn1cc([N+](=O)[O-])cc1C(=O)N[C@H]1CCCC[C@@H]1O. The van der Waals surface area contributed by atoms with Crippen LogP contribution in [0.25, 0.3) is 0 Å². The van der Waals surface area contributed by atoms with Crippen molar-refractivity contribution in [2.75, 3.05) is 0 Å². The average Bonchev–Trinajstić information content (AvgIpc) is 2.74. The van der Waals surface area contributed by atoms with E-state index in [0.717, 1.165) is 19.3 Å². The van der Waals surface area contributed by atoms with E-state index < -0.39 is 11.0 Å². The first-order valence-corrected chi connectivity index (χ1v) is 6.28. The molecule has 0 spiro atoms. The molecule has 7 heteroatoms. The predicted octanol–water partition coefficient (Wildman–Crippen LogP) is 0.967. The second-order valence-corrected chi connectivity index (χ2v) is 4.88. The number of aliphatic hydroxyl groups is 1. The van der Waals surface area contributed by atoms with E-state index in [1.807, 2.05) is 0 Å². The molecule has 7 nitrogen and oxygen atoms in total. The number of nitrogens with one attached hydrogen (secondary N) is 1. The Morgan fingerprint density at radius 1 is 1.53 bits per heavy atom. The highest BCUT2D eigenvalue weighted by atomic mass is 16.6. The van der Waals surface area contributed by atoms with Crippen molar-refractivity contribution in [1.29, 1.82) is 0 Å². The van der Waals surface area contributed by atoms with Crippen LogP contribution in [0.3, 0.4) is 0 Å². The molecule has 0 radical (unpaired) electrons. The van der Waals surface area contributed by atoms with Crippen LogP contribution in [-0.2, 0) is 7.05 Å². The van der Waals surface area contributed by atoms with Crippen molar-refractivity contribution in [1.82, 2.24) is 9.88 Å². The lowest BCUT2D eigenvalue weighted by atomic mass is 9.92. The van der Waals surface area contributed by atoms with Crippen LogP contribution < -0.4 is 5.32 Å². The van der Waals surface area contributed by atoms with Gasteiger partial charge in [-0.15, -0.1) is 0 Å². The van der Waals surface area contributed by atoms with Crippen molar-refractivity contribution in [2.24, 2.45) is 7.05 Å². The molecular weight excluding hydrogens is 250 g/mol. The Bertz CT molecular complexity index is 497. The lowest BCUT2D eigenvalue weighted by Gasteiger charge is -2.28. The van der Waals surface area contributed by atoms with Gasteiger partial charge in [0, 0.05) is 13.1 Å². The van der Waals surface area contributed by atoms with Crippen molar-refractivity contribution >= 4 is 11.6 Å². The molecule has 1 aromatic rings. The maximum absolute atomic E-state index is 12.0. The predicted molar refractivity (Wildman–Crippen MR) is 67.8 cm³/mol. The lowest BCUT2D eigenvalue weighted by molar-refractivity contribution is -0.384. The number of amides is 1. The Morgan fingerprint density at radius 3 is 2.79 bits per heavy atom. The molecule has 0 unspecified atom stereocenters. The molecule has 2 N–H and O–H groups in total. The van der Waals surface area contributed by atoms with Crippen molar-refractivity contribution < 1.29 is 14.8 Å². The van der Waals surface area contributed by atoms with Crippen LogP contribution >= 0.6 is 0 Å². The van der Waals surface area contributed by atoms with E-state index >= 15 is 0 Å². The summed E-state index contributed by atoms with van der Waals surface area (Å²) in [7, 11) is 1.58. The third-order valence-electron chi connectivity index (χ3n) is 3.48. The smallest absolute Gasteiger partial charge is 0.287 e. The van der Waals surface area contributed by atoms with E-state index in [0.29, 0.717) is 6.42 Å². The molecule has 1 amide bonds. The number of aromatic nitrogens is 1. The van der Waals surface area contributed by atoms with Crippen molar-refractivity contribution in [2.45, 2.75) is 37.8 Å². The molecule has 1 heterocycles. The number of aryl methyl sites for hydroxylation is 1. The first-order valence-electron chi connectivity index (χ1n) is 6.28. The molecule has 0 bridgehead atoms. The minimum Gasteiger partial charge on any atom is -0.391 e. The number of carbonyl (C=O) groups is 1. The molecular formula is C12H17N3O4. The summed E-state index contributed by atoms with van der Waals surface area (Å²) in [6, 6.07) is 0.972. The van der Waals surface area contributed by atoms with Crippen LogP contribution in [-0.4, -0.2) is 32.6 Å². The van der Waals surface area contributed by atoms with Crippen LogP contribution in [0, 0.1) is 10.1 Å². The van der Waals surface area contributed by atoms with E-state index in [2.05, 4.69) is 5.32 Å². The van der Waals surface area contributed by atoms with Crippen LogP contribution in [0.15, 0.2) is 12.3 Å². The summed E-state index contributed by atoms with van der Waals surface area (Å²) < 4.78 is 1.42. The Kier molecular flexibility index (Phi) is 3.84. The van der Waals surface area contributed by atoms with Gasteiger partial charge in [-0.25, -0.2) is 0 Å². The van der Waals surface area contributed by atoms with Gasteiger partial charge in [0.25, 0.3) is 11.6 Å². The average molecular weight is 267 g/mol. The minimum absolute atomic E-state index is 0.114. The maximum Gasteiger partial charge on any atom is 0.287 e. The highest BCUT2D eigenvalue weighted by Crippen LogP contribution is 2.20. The van der Waals surface area contributed by atoms with Gasteiger partial charge in [-0.1, -0.05) is 12.8 Å². The van der Waals surface area contributed by atoms with Crippen molar-refractivity contribution in [3.63, 3.8) is 0 Å². The fourth-order valence-corrected chi connectivity index (χ4v) is 2.39. The van der Waals surface area contributed by atoms with Gasteiger partial charge in [-0.05, 0) is 12.8 Å². The Balaban J connectivity index is 2.09. The lowest BCUT2D eigenvalue weighted by Crippen LogP contribution is -2.45. The standard InChI is InChI=1S/C12H17N3O4/c1-14-7-8(15(18)19)6-10(14)12(17)13-9-4-2-3-5-11(9)16/h6-7,9,11,16H,2-5H2,1H3,(H,13,17)/t9-,11-/m0/s1. The third-order valence-corrected chi connectivity index (χ3v) is 3.48. The molecule has 1 fully saturated rings. The summed E-state index contributed by atoms with van der Waals surface area (Å²) in [5.41, 5.74) is 0.112. The monoisotopic (exact) mass is 267 g/mol. The number of nitrogens with zero attached hydrogens (tertiary/aromatic N) is 2. The van der Waals surface area contributed by atoms with Crippen molar-refractivity contribution in [3.8, 4) is 0 Å². The zero-order valence-corrected chi connectivity index (χ0v) is 10.7. The summed E-state index contributed by atoms with van der Waals surface area (Å²) in [4.78, 5) is 22.2.